The molecule has 1 atom stereocenters. The van der Waals surface area contributed by atoms with Crippen LogP contribution in [0.25, 0.3) is 0 Å². The zero-order chi connectivity index (χ0) is 14.5. The van der Waals surface area contributed by atoms with Crippen molar-refractivity contribution in [1.29, 1.82) is 0 Å². The molecule has 2 rings (SSSR count). The van der Waals surface area contributed by atoms with Crippen molar-refractivity contribution in [3.8, 4) is 0 Å². The molecule has 1 aromatic carbocycles. The van der Waals surface area contributed by atoms with Crippen LogP contribution in [0.2, 0.25) is 0 Å². The van der Waals surface area contributed by atoms with Crippen molar-refractivity contribution in [3.63, 3.8) is 0 Å². The summed E-state index contributed by atoms with van der Waals surface area (Å²) in [4.78, 5) is 4.43. The maximum absolute atomic E-state index is 13.6. The molecule has 0 radical (unpaired) electrons. The predicted molar refractivity (Wildman–Crippen MR) is 86.2 cm³/mol. The van der Waals surface area contributed by atoms with Gasteiger partial charge in [-0.25, -0.2) is 4.39 Å². The van der Waals surface area contributed by atoms with Gasteiger partial charge in [0.15, 0.2) is 0 Å². The molecular weight excluding hydrogens is 387 g/mol. The minimum atomic E-state index is -0.238. The van der Waals surface area contributed by atoms with E-state index in [0.29, 0.717) is 10.9 Å². The predicted octanol–water partition coefficient (Wildman–Crippen LogP) is 4.64. The molecule has 0 aliphatic heterocycles. The molecule has 0 amide bonds. The van der Waals surface area contributed by atoms with Crippen molar-refractivity contribution in [2.45, 2.75) is 19.4 Å². The van der Waals surface area contributed by atoms with E-state index in [4.69, 9.17) is 0 Å². The fraction of sp³-hybridized carbons (Fsp3) is 0.267. The summed E-state index contributed by atoms with van der Waals surface area (Å²) in [5.41, 5.74) is 1.86. The Morgan fingerprint density at radius 2 is 2.05 bits per heavy atom. The number of likely N-dealkylation sites (N-methyl/N-ethyl adjacent to an activating group) is 1. The summed E-state index contributed by atoms with van der Waals surface area (Å²) in [6.07, 6.45) is 2.44. The monoisotopic (exact) mass is 400 g/mol. The van der Waals surface area contributed by atoms with Crippen molar-refractivity contribution in [2.24, 2.45) is 0 Å². The van der Waals surface area contributed by atoms with Gasteiger partial charge >= 0.3 is 0 Å². The van der Waals surface area contributed by atoms with Crippen molar-refractivity contribution >= 4 is 31.9 Å². The average Bonchev–Trinajstić information content (AvgIpc) is 2.44. The molecular formula is C15H15Br2FN2. The van der Waals surface area contributed by atoms with Gasteiger partial charge in [0.05, 0.1) is 16.2 Å². The van der Waals surface area contributed by atoms with Crippen LogP contribution in [0.4, 0.5) is 4.39 Å². The first-order chi connectivity index (χ1) is 9.63. The van der Waals surface area contributed by atoms with E-state index in [2.05, 4.69) is 42.2 Å². The Morgan fingerprint density at radius 3 is 2.75 bits per heavy atom. The third-order valence-corrected chi connectivity index (χ3v) is 4.58. The molecule has 0 saturated carbocycles. The molecule has 106 valence electrons. The van der Waals surface area contributed by atoms with Crippen LogP contribution in [0.5, 0.6) is 0 Å². The summed E-state index contributed by atoms with van der Waals surface area (Å²) < 4.78 is 15.1. The second kappa shape index (κ2) is 7.29. The highest BCUT2D eigenvalue weighted by atomic mass is 79.9. The number of aromatic nitrogens is 1. The molecule has 0 saturated heterocycles. The molecule has 1 unspecified atom stereocenters. The molecule has 0 fully saturated rings. The van der Waals surface area contributed by atoms with Gasteiger partial charge in [-0.1, -0.05) is 19.1 Å². The number of hydrogen-bond acceptors (Lipinski definition) is 2. The van der Waals surface area contributed by atoms with E-state index in [1.807, 2.05) is 25.1 Å². The fourth-order valence-electron chi connectivity index (χ4n) is 2.09. The van der Waals surface area contributed by atoms with Crippen LogP contribution in [0, 0.1) is 5.82 Å². The zero-order valence-electron chi connectivity index (χ0n) is 11.0. The standard InChI is InChI=1S/C15H15Br2FN2/c1-2-19-13(15-11(16)6-4-8-20-15)9-10-5-3-7-12(18)14(10)17/h3-8,13,19H,2,9H2,1H3. The molecule has 1 N–H and O–H groups in total. The second-order valence-corrected chi connectivity index (χ2v) is 6.05. The number of hydrogen-bond donors (Lipinski definition) is 1. The fourth-order valence-corrected chi connectivity index (χ4v) is 3.05. The highest BCUT2D eigenvalue weighted by molar-refractivity contribution is 9.10. The summed E-state index contributed by atoms with van der Waals surface area (Å²) >= 11 is 6.84. The van der Waals surface area contributed by atoms with Gasteiger partial charge in [0.1, 0.15) is 5.82 Å². The van der Waals surface area contributed by atoms with Gasteiger partial charge in [-0.3, -0.25) is 4.98 Å². The molecule has 0 spiro atoms. The summed E-state index contributed by atoms with van der Waals surface area (Å²) in [5.74, 6) is -0.238. The van der Waals surface area contributed by atoms with Crippen molar-refractivity contribution in [2.75, 3.05) is 6.54 Å². The van der Waals surface area contributed by atoms with Crippen LogP contribution < -0.4 is 5.32 Å². The van der Waals surface area contributed by atoms with Gasteiger partial charge in [-0.05, 0) is 68.6 Å². The van der Waals surface area contributed by atoms with Crippen LogP contribution >= 0.6 is 31.9 Å². The highest BCUT2D eigenvalue weighted by Crippen LogP contribution is 2.28. The molecule has 2 aromatic rings. The van der Waals surface area contributed by atoms with Crippen LogP contribution in [-0.4, -0.2) is 11.5 Å². The first-order valence-corrected chi connectivity index (χ1v) is 7.98. The van der Waals surface area contributed by atoms with E-state index < -0.39 is 0 Å². The summed E-state index contributed by atoms with van der Waals surface area (Å²) in [5, 5.41) is 3.40. The lowest BCUT2D eigenvalue weighted by Gasteiger charge is -2.19. The van der Waals surface area contributed by atoms with E-state index in [9.17, 15) is 4.39 Å². The second-order valence-electron chi connectivity index (χ2n) is 4.40. The average molecular weight is 402 g/mol. The number of nitrogens with zero attached hydrogens (tertiary/aromatic N) is 1. The van der Waals surface area contributed by atoms with Gasteiger partial charge in [0.25, 0.3) is 0 Å². The Balaban J connectivity index is 2.31. The Hall–Kier alpha value is -0.780. The van der Waals surface area contributed by atoms with Crippen molar-refractivity contribution in [1.82, 2.24) is 10.3 Å². The zero-order valence-corrected chi connectivity index (χ0v) is 14.2. The summed E-state index contributed by atoms with van der Waals surface area (Å²) in [6, 6.07) is 8.99. The largest absolute Gasteiger partial charge is 0.309 e. The van der Waals surface area contributed by atoms with Gasteiger partial charge in [0.2, 0.25) is 0 Å². The quantitative estimate of drug-likeness (QED) is 0.789. The number of pyridine rings is 1. The molecule has 1 aromatic heterocycles. The lowest BCUT2D eigenvalue weighted by molar-refractivity contribution is 0.530. The molecule has 20 heavy (non-hydrogen) atoms. The number of rotatable bonds is 5. The van der Waals surface area contributed by atoms with Gasteiger partial charge in [-0.15, -0.1) is 0 Å². The Labute approximate surface area is 135 Å². The van der Waals surface area contributed by atoms with Crippen molar-refractivity contribution < 1.29 is 4.39 Å². The minimum Gasteiger partial charge on any atom is -0.309 e. The molecule has 5 heteroatoms. The first kappa shape index (κ1) is 15.6. The Kier molecular flexibility index (Phi) is 5.69. The minimum absolute atomic E-state index is 0.0358. The normalized spacial score (nSPS) is 12.4. The van der Waals surface area contributed by atoms with Crippen LogP contribution in [-0.2, 0) is 6.42 Å². The molecule has 0 aliphatic rings. The number of nitrogens with one attached hydrogen (secondary N) is 1. The van der Waals surface area contributed by atoms with Crippen LogP contribution in [0.3, 0.4) is 0 Å². The molecule has 2 nitrogen and oxygen atoms in total. The molecule has 1 heterocycles. The van der Waals surface area contributed by atoms with Crippen LogP contribution in [0.1, 0.15) is 24.2 Å². The Bertz CT molecular complexity index is 590. The molecule has 0 bridgehead atoms. The van der Waals surface area contributed by atoms with E-state index in [1.54, 1.807) is 12.3 Å². The summed E-state index contributed by atoms with van der Waals surface area (Å²) in [7, 11) is 0. The Morgan fingerprint density at radius 1 is 1.25 bits per heavy atom. The maximum atomic E-state index is 13.6. The summed E-state index contributed by atoms with van der Waals surface area (Å²) in [6.45, 7) is 2.87. The first-order valence-electron chi connectivity index (χ1n) is 6.40. The van der Waals surface area contributed by atoms with Gasteiger partial charge in [-0.2, -0.15) is 0 Å². The van der Waals surface area contributed by atoms with E-state index >= 15 is 0 Å². The van der Waals surface area contributed by atoms with E-state index in [0.717, 1.165) is 22.3 Å². The van der Waals surface area contributed by atoms with E-state index in [1.165, 1.54) is 6.07 Å². The maximum Gasteiger partial charge on any atom is 0.137 e. The third kappa shape index (κ3) is 3.65. The SMILES string of the molecule is CCNC(Cc1cccc(F)c1Br)c1ncccc1Br. The highest BCUT2D eigenvalue weighted by Gasteiger charge is 2.17. The third-order valence-electron chi connectivity index (χ3n) is 3.02. The van der Waals surface area contributed by atoms with Gasteiger partial charge < -0.3 is 5.32 Å². The topological polar surface area (TPSA) is 24.9 Å². The molecule has 0 aliphatic carbocycles. The van der Waals surface area contributed by atoms with Gasteiger partial charge in [0, 0.05) is 10.7 Å². The van der Waals surface area contributed by atoms with Crippen molar-refractivity contribution in [3.05, 3.63) is 62.5 Å². The van der Waals surface area contributed by atoms with E-state index in [-0.39, 0.29) is 11.9 Å². The van der Waals surface area contributed by atoms with Crippen LogP contribution in [0.15, 0.2) is 45.5 Å². The smallest absolute Gasteiger partial charge is 0.137 e. The lowest BCUT2D eigenvalue weighted by Crippen LogP contribution is -2.24. The number of halogens is 3. The lowest BCUT2D eigenvalue weighted by atomic mass is 10.0. The number of benzene rings is 1.